The Hall–Kier alpha value is -1.63. The summed E-state index contributed by atoms with van der Waals surface area (Å²) in [4.78, 5) is 25.0. The SMILES string of the molecule is CCCCCOC1CC(O)C(C(=O)N[C@@H](Cc2ccccc2)C(=O)OC)CC1Cl. The molecule has 6 nitrogen and oxygen atoms in total. The van der Waals surface area contributed by atoms with Crippen LogP contribution in [0.15, 0.2) is 30.3 Å². The molecule has 0 radical (unpaired) electrons. The van der Waals surface area contributed by atoms with Crippen LogP contribution in [0.25, 0.3) is 0 Å². The van der Waals surface area contributed by atoms with E-state index < -0.39 is 24.0 Å². The summed E-state index contributed by atoms with van der Waals surface area (Å²) >= 11 is 6.45. The van der Waals surface area contributed by atoms with E-state index in [1.165, 1.54) is 7.11 Å². The van der Waals surface area contributed by atoms with Gasteiger partial charge in [0.25, 0.3) is 0 Å². The summed E-state index contributed by atoms with van der Waals surface area (Å²) in [5.41, 5.74) is 0.906. The number of methoxy groups -OCH3 is 1. The highest BCUT2D eigenvalue weighted by atomic mass is 35.5. The Labute approximate surface area is 177 Å². The van der Waals surface area contributed by atoms with Gasteiger partial charge in [0.15, 0.2) is 0 Å². The standard InChI is InChI=1S/C22H32ClNO5/c1-3-4-8-11-29-20-14-19(25)16(13-17(20)23)21(26)24-18(22(27)28-2)12-15-9-6-5-7-10-15/h5-7,9-10,16-20,25H,3-4,8,11-14H2,1-2H3,(H,24,26)/t16?,17?,18-,19?,20?/m0/s1. The van der Waals surface area contributed by atoms with E-state index in [9.17, 15) is 14.7 Å². The molecule has 1 aromatic carbocycles. The highest BCUT2D eigenvalue weighted by molar-refractivity contribution is 6.21. The summed E-state index contributed by atoms with van der Waals surface area (Å²) in [6, 6.07) is 8.57. The molecule has 0 heterocycles. The van der Waals surface area contributed by atoms with Crippen molar-refractivity contribution in [3.8, 4) is 0 Å². The number of amides is 1. The maximum Gasteiger partial charge on any atom is 0.328 e. The van der Waals surface area contributed by atoms with Gasteiger partial charge in [-0.15, -0.1) is 11.6 Å². The van der Waals surface area contributed by atoms with E-state index in [0.717, 1.165) is 24.8 Å². The first-order valence-electron chi connectivity index (χ1n) is 10.3. The largest absolute Gasteiger partial charge is 0.467 e. The van der Waals surface area contributed by atoms with Crippen molar-refractivity contribution in [3.05, 3.63) is 35.9 Å². The Morgan fingerprint density at radius 1 is 1.24 bits per heavy atom. The molecule has 0 spiro atoms. The van der Waals surface area contributed by atoms with Gasteiger partial charge in [0.1, 0.15) is 6.04 Å². The average molecular weight is 426 g/mol. The van der Waals surface area contributed by atoms with Crippen molar-refractivity contribution in [1.29, 1.82) is 0 Å². The first kappa shape index (κ1) is 23.6. The van der Waals surface area contributed by atoms with Gasteiger partial charge in [-0.3, -0.25) is 4.79 Å². The Kier molecular flexibility index (Phi) is 9.91. The van der Waals surface area contributed by atoms with E-state index in [1.807, 2.05) is 30.3 Å². The van der Waals surface area contributed by atoms with E-state index in [0.29, 0.717) is 25.9 Å². The third-order valence-electron chi connectivity index (χ3n) is 5.32. The second-order valence-corrected chi connectivity index (χ2v) is 8.11. The molecule has 0 aromatic heterocycles. The molecule has 0 bridgehead atoms. The number of hydrogen-bond donors (Lipinski definition) is 2. The molecule has 2 N–H and O–H groups in total. The zero-order valence-electron chi connectivity index (χ0n) is 17.2. The van der Waals surface area contributed by atoms with Gasteiger partial charge < -0.3 is 19.9 Å². The van der Waals surface area contributed by atoms with Crippen molar-refractivity contribution in [2.75, 3.05) is 13.7 Å². The summed E-state index contributed by atoms with van der Waals surface area (Å²) in [5, 5.41) is 12.9. The summed E-state index contributed by atoms with van der Waals surface area (Å²) in [7, 11) is 1.29. The lowest BCUT2D eigenvalue weighted by Crippen LogP contribution is -2.51. The number of esters is 1. The second-order valence-electron chi connectivity index (χ2n) is 7.55. The number of nitrogens with one attached hydrogen (secondary N) is 1. The van der Waals surface area contributed by atoms with Crippen LogP contribution in [-0.2, 0) is 25.5 Å². The second kappa shape index (κ2) is 12.2. The van der Waals surface area contributed by atoms with Crippen LogP contribution in [0, 0.1) is 5.92 Å². The molecule has 2 rings (SSSR count). The lowest BCUT2D eigenvalue weighted by Gasteiger charge is -2.36. The van der Waals surface area contributed by atoms with Crippen LogP contribution in [-0.4, -0.2) is 54.3 Å². The van der Waals surface area contributed by atoms with E-state index in [-0.39, 0.29) is 17.4 Å². The molecular weight excluding hydrogens is 394 g/mol. The summed E-state index contributed by atoms with van der Waals surface area (Å²) in [5.74, 6) is -1.60. The maximum atomic E-state index is 12.8. The number of halogens is 1. The maximum absolute atomic E-state index is 12.8. The number of alkyl halides is 1. The van der Waals surface area contributed by atoms with Crippen molar-refractivity contribution in [2.45, 2.75) is 69.1 Å². The van der Waals surface area contributed by atoms with Gasteiger partial charge in [-0.25, -0.2) is 4.79 Å². The number of hydrogen-bond acceptors (Lipinski definition) is 5. The summed E-state index contributed by atoms with van der Waals surface area (Å²) in [6.07, 6.45) is 2.93. The number of carbonyl (C=O) groups is 2. The van der Waals surface area contributed by atoms with Crippen LogP contribution in [0.3, 0.4) is 0 Å². The van der Waals surface area contributed by atoms with Gasteiger partial charge >= 0.3 is 5.97 Å². The first-order valence-corrected chi connectivity index (χ1v) is 10.8. The molecule has 1 fully saturated rings. The fourth-order valence-corrected chi connectivity index (χ4v) is 3.97. The molecule has 29 heavy (non-hydrogen) atoms. The quantitative estimate of drug-likeness (QED) is 0.342. The zero-order chi connectivity index (χ0) is 21.2. The van der Waals surface area contributed by atoms with E-state index >= 15 is 0 Å². The molecule has 1 aromatic rings. The van der Waals surface area contributed by atoms with E-state index in [1.54, 1.807) is 0 Å². The Morgan fingerprint density at radius 2 is 1.97 bits per heavy atom. The number of carbonyl (C=O) groups excluding carboxylic acids is 2. The highest BCUT2D eigenvalue weighted by Gasteiger charge is 2.40. The molecule has 1 amide bonds. The Bertz CT molecular complexity index is 641. The lowest BCUT2D eigenvalue weighted by molar-refractivity contribution is -0.147. The lowest BCUT2D eigenvalue weighted by atomic mass is 9.83. The van der Waals surface area contributed by atoms with Crippen LogP contribution in [0.2, 0.25) is 0 Å². The molecule has 5 atom stereocenters. The van der Waals surface area contributed by atoms with Gasteiger partial charge in [0, 0.05) is 19.4 Å². The van der Waals surface area contributed by atoms with E-state index in [4.69, 9.17) is 21.1 Å². The third kappa shape index (κ3) is 7.28. The predicted molar refractivity (Wildman–Crippen MR) is 112 cm³/mol. The normalized spacial score (nSPS) is 25.2. The number of rotatable bonds is 10. The van der Waals surface area contributed by atoms with Gasteiger partial charge in [0.05, 0.1) is 30.6 Å². The molecule has 1 saturated carbocycles. The summed E-state index contributed by atoms with van der Waals surface area (Å²) in [6.45, 7) is 2.73. The van der Waals surface area contributed by atoms with Gasteiger partial charge in [-0.05, 0) is 18.4 Å². The highest BCUT2D eigenvalue weighted by Crippen LogP contribution is 2.31. The minimum atomic E-state index is -0.865. The fraction of sp³-hybridized carbons (Fsp3) is 0.636. The number of aliphatic hydroxyl groups excluding tert-OH is 1. The zero-order valence-corrected chi connectivity index (χ0v) is 17.9. The number of ether oxygens (including phenoxy) is 2. The number of unbranched alkanes of at least 4 members (excludes halogenated alkanes) is 2. The fourth-order valence-electron chi connectivity index (χ4n) is 3.61. The molecular formula is C22H32ClNO5. The van der Waals surface area contributed by atoms with Crippen LogP contribution in [0.1, 0.15) is 44.6 Å². The smallest absolute Gasteiger partial charge is 0.328 e. The average Bonchev–Trinajstić information content (AvgIpc) is 2.72. The minimum absolute atomic E-state index is 0.270. The molecule has 1 aliphatic rings. The van der Waals surface area contributed by atoms with Gasteiger partial charge in [-0.2, -0.15) is 0 Å². The number of aliphatic hydroxyl groups is 1. The molecule has 1 aliphatic carbocycles. The molecule has 0 aliphatic heterocycles. The summed E-state index contributed by atoms with van der Waals surface area (Å²) < 4.78 is 10.7. The van der Waals surface area contributed by atoms with Crippen LogP contribution in [0.4, 0.5) is 0 Å². The third-order valence-corrected chi connectivity index (χ3v) is 5.78. The van der Waals surface area contributed by atoms with Crippen molar-refractivity contribution in [3.63, 3.8) is 0 Å². The number of benzene rings is 1. The van der Waals surface area contributed by atoms with Gasteiger partial charge in [0.2, 0.25) is 5.91 Å². The van der Waals surface area contributed by atoms with Crippen LogP contribution in [0.5, 0.6) is 0 Å². The minimum Gasteiger partial charge on any atom is -0.467 e. The van der Waals surface area contributed by atoms with Gasteiger partial charge in [-0.1, -0.05) is 50.1 Å². The first-order chi connectivity index (χ1) is 14.0. The molecule has 7 heteroatoms. The topological polar surface area (TPSA) is 84.9 Å². The van der Waals surface area contributed by atoms with Crippen LogP contribution >= 0.6 is 11.6 Å². The Morgan fingerprint density at radius 3 is 2.62 bits per heavy atom. The van der Waals surface area contributed by atoms with Crippen LogP contribution < -0.4 is 5.32 Å². The van der Waals surface area contributed by atoms with Crippen molar-refractivity contribution >= 4 is 23.5 Å². The molecule has 4 unspecified atom stereocenters. The van der Waals surface area contributed by atoms with Crippen molar-refractivity contribution < 1.29 is 24.2 Å². The molecule has 0 saturated heterocycles. The van der Waals surface area contributed by atoms with Crippen molar-refractivity contribution in [1.82, 2.24) is 5.32 Å². The monoisotopic (exact) mass is 425 g/mol. The predicted octanol–water partition coefficient (Wildman–Crippen LogP) is 2.84. The molecule has 162 valence electrons. The van der Waals surface area contributed by atoms with E-state index in [2.05, 4.69) is 12.2 Å². The van der Waals surface area contributed by atoms with Crippen molar-refractivity contribution in [2.24, 2.45) is 5.92 Å². The Balaban J connectivity index is 1.94.